The van der Waals surface area contributed by atoms with Gasteiger partial charge in [-0.1, -0.05) is 0 Å². The van der Waals surface area contributed by atoms with Crippen molar-refractivity contribution < 1.29 is 8.78 Å². The molecule has 1 heterocycles. The summed E-state index contributed by atoms with van der Waals surface area (Å²) in [5.74, 6) is -0.847. The van der Waals surface area contributed by atoms with Gasteiger partial charge in [0.1, 0.15) is 0 Å². The van der Waals surface area contributed by atoms with E-state index in [1.54, 1.807) is 17.4 Å². The molecule has 0 amide bonds. The van der Waals surface area contributed by atoms with Crippen molar-refractivity contribution in [3.05, 3.63) is 50.6 Å². The van der Waals surface area contributed by atoms with Crippen LogP contribution in [0.2, 0.25) is 0 Å². The van der Waals surface area contributed by atoms with Crippen LogP contribution >= 0.6 is 39.0 Å². The zero-order valence-electron chi connectivity index (χ0n) is 8.04. The number of rotatable bonds is 3. The fourth-order valence-electron chi connectivity index (χ4n) is 1.14. The minimum atomic E-state index is -0.804. The molecule has 0 atom stereocenters. The maximum atomic E-state index is 12.9. The monoisotopic (exact) mass is 320 g/mol. The lowest BCUT2D eigenvalue weighted by Crippen LogP contribution is -1.84. The molecule has 0 saturated heterocycles. The lowest BCUT2D eigenvalue weighted by molar-refractivity contribution is 0.506. The number of benzene rings is 1. The molecule has 0 aliphatic rings. The topological polar surface area (TPSA) is 0 Å². The van der Waals surface area contributed by atoms with Crippen LogP contribution in [0.15, 0.2) is 39.0 Å². The highest BCUT2D eigenvalue weighted by Crippen LogP contribution is 2.30. The standard InChI is InChI=1S/C11H7BrF2S2/c12-8-3-4-15-11(8)6-16-7-1-2-9(13)10(14)5-7/h1-5H,6H2. The summed E-state index contributed by atoms with van der Waals surface area (Å²) in [4.78, 5) is 1.92. The van der Waals surface area contributed by atoms with Crippen molar-refractivity contribution in [2.75, 3.05) is 0 Å². The maximum Gasteiger partial charge on any atom is 0.159 e. The third-order valence-electron chi connectivity index (χ3n) is 1.95. The molecular formula is C11H7BrF2S2. The fourth-order valence-corrected chi connectivity index (χ4v) is 3.86. The van der Waals surface area contributed by atoms with Crippen LogP contribution in [0.5, 0.6) is 0 Å². The van der Waals surface area contributed by atoms with E-state index in [1.165, 1.54) is 22.7 Å². The second-order valence-electron chi connectivity index (χ2n) is 3.06. The zero-order valence-corrected chi connectivity index (χ0v) is 11.3. The third-order valence-corrected chi connectivity index (χ3v) is 5.08. The maximum absolute atomic E-state index is 12.9. The van der Waals surface area contributed by atoms with Gasteiger partial charge in [0.05, 0.1) is 0 Å². The molecule has 0 bridgehead atoms. The number of hydrogen-bond donors (Lipinski definition) is 0. The van der Waals surface area contributed by atoms with Gasteiger partial charge in [0.25, 0.3) is 0 Å². The number of thiophene rings is 1. The van der Waals surface area contributed by atoms with Crippen molar-refractivity contribution in [3.8, 4) is 0 Å². The Kier molecular flexibility index (Phi) is 4.00. The molecule has 0 spiro atoms. The van der Waals surface area contributed by atoms with E-state index in [2.05, 4.69) is 15.9 Å². The Morgan fingerprint density at radius 2 is 2.00 bits per heavy atom. The van der Waals surface area contributed by atoms with Gasteiger partial charge in [-0.05, 0) is 45.6 Å². The SMILES string of the molecule is Fc1ccc(SCc2sccc2Br)cc1F. The van der Waals surface area contributed by atoms with Gasteiger partial charge >= 0.3 is 0 Å². The van der Waals surface area contributed by atoms with Gasteiger partial charge in [0, 0.05) is 20.0 Å². The molecule has 2 aromatic rings. The molecule has 0 fully saturated rings. The van der Waals surface area contributed by atoms with Crippen molar-refractivity contribution in [1.82, 2.24) is 0 Å². The fraction of sp³-hybridized carbons (Fsp3) is 0.0909. The summed E-state index contributed by atoms with van der Waals surface area (Å²) in [5.41, 5.74) is 0. The van der Waals surface area contributed by atoms with Gasteiger partial charge in [-0.25, -0.2) is 8.78 Å². The first-order valence-corrected chi connectivity index (χ1v) is 7.12. The molecule has 2 rings (SSSR count). The first-order valence-electron chi connectivity index (χ1n) is 4.46. The lowest BCUT2D eigenvalue weighted by Gasteiger charge is -2.01. The molecule has 16 heavy (non-hydrogen) atoms. The Morgan fingerprint density at radius 3 is 2.62 bits per heavy atom. The molecule has 0 aliphatic carbocycles. The van der Waals surface area contributed by atoms with Crippen LogP contribution in [0, 0.1) is 11.6 Å². The Balaban J connectivity index is 2.05. The van der Waals surface area contributed by atoms with E-state index in [1.807, 2.05) is 11.4 Å². The van der Waals surface area contributed by atoms with Crippen LogP contribution in [-0.4, -0.2) is 0 Å². The summed E-state index contributed by atoms with van der Waals surface area (Å²) in [7, 11) is 0. The molecule has 5 heteroatoms. The summed E-state index contributed by atoms with van der Waals surface area (Å²) in [6.07, 6.45) is 0. The molecule has 1 aromatic carbocycles. The highest BCUT2D eigenvalue weighted by molar-refractivity contribution is 9.10. The minimum absolute atomic E-state index is 0.735. The Morgan fingerprint density at radius 1 is 1.19 bits per heavy atom. The first kappa shape index (κ1) is 12.1. The Bertz CT molecular complexity index is 496. The second kappa shape index (κ2) is 5.29. The van der Waals surface area contributed by atoms with Crippen LogP contribution in [0.3, 0.4) is 0 Å². The van der Waals surface area contributed by atoms with E-state index in [0.29, 0.717) is 0 Å². The molecular weight excluding hydrogens is 314 g/mol. The van der Waals surface area contributed by atoms with E-state index in [4.69, 9.17) is 0 Å². The van der Waals surface area contributed by atoms with Crippen molar-refractivity contribution >= 4 is 39.0 Å². The van der Waals surface area contributed by atoms with Gasteiger partial charge in [-0.15, -0.1) is 23.1 Å². The first-order chi connectivity index (χ1) is 7.66. The van der Waals surface area contributed by atoms with Gasteiger partial charge in [-0.2, -0.15) is 0 Å². The quantitative estimate of drug-likeness (QED) is 0.710. The molecule has 0 N–H and O–H groups in total. The van der Waals surface area contributed by atoms with Crippen molar-refractivity contribution in [1.29, 1.82) is 0 Å². The van der Waals surface area contributed by atoms with E-state index >= 15 is 0 Å². The molecule has 0 unspecified atom stereocenters. The van der Waals surface area contributed by atoms with Crippen LogP contribution in [0.1, 0.15) is 4.88 Å². The van der Waals surface area contributed by atoms with Crippen molar-refractivity contribution in [2.24, 2.45) is 0 Å². The smallest absolute Gasteiger partial charge is 0.159 e. The van der Waals surface area contributed by atoms with E-state index in [-0.39, 0.29) is 0 Å². The van der Waals surface area contributed by atoms with E-state index in [9.17, 15) is 8.78 Å². The van der Waals surface area contributed by atoms with Crippen LogP contribution < -0.4 is 0 Å². The number of hydrogen-bond acceptors (Lipinski definition) is 2. The molecule has 0 saturated carbocycles. The average molecular weight is 321 g/mol. The van der Waals surface area contributed by atoms with Gasteiger partial charge in [-0.3, -0.25) is 0 Å². The predicted octanol–water partition coefficient (Wildman–Crippen LogP) is 5.08. The lowest BCUT2D eigenvalue weighted by atomic mass is 10.3. The van der Waals surface area contributed by atoms with Crippen molar-refractivity contribution in [2.45, 2.75) is 10.6 Å². The summed E-state index contributed by atoms with van der Waals surface area (Å²) in [6, 6.07) is 5.94. The summed E-state index contributed by atoms with van der Waals surface area (Å²) >= 11 is 6.56. The zero-order chi connectivity index (χ0) is 11.5. The van der Waals surface area contributed by atoms with Gasteiger partial charge in [0.15, 0.2) is 11.6 Å². The molecule has 0 nitrogen and oxygen atoms in total. The highest BCUT2D eigenvalue weighted by Gasteiger charge is 2.05. The van der Waals surface area contributed by atoms with Crippen LogP contribution in [-0.2, 0) is 5.75 Å². The second-order valence-corrected chi connectivity index (χ2v) is 5.96. The highest BCUT2D eigenvalue weighted by atomic mass is 79.9. The average Bonchev–Trinajstić information content (AvgIpc) is 2.66. The molecule has 84 valence electrons. The van der Waals surface area contributed by atoms with E-state index in [0.717, 1.165) is 21.2 Å². The minimum Gasteiger partial charge on any atom is -0.204 e. The molecule has 0 aliphatic heterocycles. The summed E-state index contributed by atoms with van der Waals surface area (Å²) in [5, 5.41) is 1.99. The largest absolute Gasteiger partial charge is 0.204 e. The van der Waals surface area contributed by atoms with E-state index < -0.39 is 11.6 Å². The Labute approximate surface area is 109 Å². The van der Waals surface area contributed by atoms with Gasteiger partial charge < -0.3 is 0 Å². The Hall–Kier alpha value is -0.390. The summed E-state index contributed by atoms with van der Waals surface area (Å²) in [6.45, 7) is 0. The number of halogens is 3. The third kappa shape index (κ3) is 2.84. The number of thioether (sulfide) groups is 1. The van der Waals surface area contributed by atoms with Crippen LogP contribution in [0.4, 0.5) is 8.78 Å². The summed E-state index contributed by atoms with van der Waals surface area (Å²) < 4.78 is 26.7. The normalized spacial score (nSPS) is 10.7. The van der Waals surface area contributed by atoms with Crippen LogP contribution in [0.25, 0.3) is 0 Å². The molecule has 0 radical (unpaired) electrons. The predicted molar refractivity (Wildman–Crippen MR) is 67.9 cm³/mol. The van der Waals surface area contributed by atoms with Gasteiger partial charge in [0.2, 0.25) is 0 Å². The molecule has 1 aromatic heterocycles. The van der Waals surface area contributed by atoms with Crippen molar-refractivity contribution in [3.63, 3.8) is 0 Å².